The zero-order chi connectivity index (χ0) is 26.0. The number of fused-ring (bicyclic) bond motifs is 4. The van der Waals surface area contributed by atoms with Crippen LogP contribution in [-0.2, 0) is 9.53 Å². The Morgan fingerprint density at radius 3 is 2.69 bits per heavy atom. The van der Waals surface area contributed by atoms with Gasteiger partial charge in [0.1, 0.15) is 28.8 Å². The van der Waals surface area contributed by atoms with Gasteiger partial charge in [0.15, 0.2) is 0 Å². The van der Waals surface area contributed by atoms with Crippen LogP contribution in [0, 0.1) is 28.6 Å². The van der Waals surface area contributed by atoms with Crippen LogP contribution in [0.4, 0.5) is 0 Å². The zero-order valence-electron chi connectivity index (χ0n) is 22.0. The summed E-state index contributed by atoms with van der Waals surface area (Å²) in [5.74, 6) is 0.434. The van der Waals surface area contributed by atoms with Gasteiger partial charge in [-0.25, -0.2) is 4.79 Å². The highest BCUT2D eigenvalue weighted by atomic mass is 16.6. The highest BCUT2D eigenvalue weighted by Gasteiger charge is 2.69. The van der Waals surface area contributed by atoms with Crippen LogP contribution in [0.5, 0.6) is 5.75 Å². The molecule has 0 aromatic carbocycles. The van der Waals surface area contributed by atoms with Crippen molar-refractivity contribution in [2.75, 3.05) is 0 Å². The molecule has 2 saturated carbocycles. The average molecular weight is 496 g/mol. The fourth-order valence-corrected chi connectivity index (χ4v) is 7.99. The lowest BCUT2D eigenvalue weighted by molar-refractivity contribution is -0.258. The number of ether oxygens (including phenoxy) is 2. The molecule has 7 nitrogen and oxygen atoms in total. The number of hydrogen-bond donors (Lipinski definition) is 1. The van der Waals surface area contributed by atoms with Crippen molar-refractivity contribution in [3.05, 3.63) is 46.6 Å². The van der Waals surface area contributed by atoms with E-state index in [4.69, 9.17) is 13.9 Å². The number of hydrogen-bond acceptors (Lipinski definition) is 7. The maximum atomic E-state index is 13.3. The Bertz CT molecular complexity index is 1230. The van der Waals surface area contributed by atoms with Gasteiger partial charge >= 0.3 is 11.6 Å². The predicted octanol–water partition coefficient (Wildman–Crippen LogP) is 5.31. The molecule has 1 aliphatic heterocycles. The Balaban J connectivity index is 1.69. The van der Waals surface area contributed by atoms with Crippen LogP contribution >= 0.6 is 0 Å². The normalized spacial score (nSPS) is 39.2. The average Bonchev–Trinajstić information content (AvgIpc) is 2.82. The standard InChI is InChI=1S/C29H37NO6/c1-7-27(4)16(2)10-11-28(5)21(27)14-22(34-17(3)31)29(6)25(28)24(32)23-20(36-29)13-19(35-26(23)33)18-9-8-12-30-15-18/h8-9,12-13,15-16,21-22,24-25,32H,7,10-11,14H2,1-6H3/t16-,21-,22-,24-,25+,27-,28-,29+/m0/s1. The molecule has 3 heterocycles. The Morgan fingerprint density at radius 1 is 1.31 bits per heavy atom. The Hall–Kier alpha value is -2.67. The van der Waals surface area contributed by atoms with Crippen molar-refractivity contribution < 1.29 is 23.8 Å². The number of aliphatic hydroxyl groups is 1. The molecule has 0 unspecified atom stereocenters. The molecule has 0 bridgehead atoms. The molecule has 8 atom stereocenters. The summed E-state index contributed by atoms with van der Waals surface area (Å²) in [6.45, 7) is 12.4. The van der Waals surface area contributed by atoms with E-state index in [1.54, 1.807) is 30.6 Å². The molecule has 2 aromatic rings. The third kappa shape index (κ3) is 3.46. The molecule has 7 heteroatoms. The first-order valence-corrected chi connectivity index (χ1v) is 13.1. The summed E-state index contributed by atoms with van der Waals surface area (Å²) in [6.07, 6.45) is 5.13. The highest BCUT2D eigenvalue weighted by Crippen LogP contribution is 2.68. The minimum Gasteiger partial charge on any atom is -0.482 e. The molecule has 0 saturated heterocycles. The molecule has 0 spiro atoms. The van der Waals surface area contributed by atoms with Crippen molar-refractivity contribution in [2.45, 2.75) is 85.0 Å². The van der Waals surface area contributed by atoms with Gasteiger partial charge in [-0.3, -0.25) is 9.78 Å². The van der Waals surface area contributed by atoms with E-state index in [-0.39, 0.29) is 34.0 Å². The Kier molecular flexibility index (Phi) is 5.86. The second kappa shape index (κ2) is 8.44. The second-order valence-electron chi connectivity index (χ2n) is 11.8. The van der Waals surface area contributed by atoms with Crippen LogP contribution in [0.3, 0.4) is 0 Å². The van der Waals surface area contributed by atoms with Crippen LogP contribution in [0.25, 0.3) is 11.3 Å². The van der Waals surface area contributed by atoms with Gasteiger partial charge in [-0.05, 0) is 61.0 Å². The summed E-state index contributed by atoms with van der Waals surface area (Å²) in [4.78, 5) is 29.7. The van der Waals surface area contributed by atoms with E-state index in [0.29, 0.717) is 23.7 Å². The number of pyridine rings is 1. The lowest BCUT2D eigenvalue weighted by Crippen LogP contribution is -2.70. The van der Waals surface area contributed by atoms with Crippen molar-refractivity contribution in [1.29, 1.82) is 0 Å². The maximum Gasteiger partial charge on any atom is 0.345 e. The predicted molar refractivity (Wildman–Crippen MR) is 134 cm³/mol. The third-order valence-electron chi connectivity index (χ3n) is 10.2. The topological polar surface area (TPSA) is 98.9 Å². The van der Waals surface area contributed by atoms with E-state index >= 15 is 0 Å². The summed E-state index contributed by atoms with van der Waals surface area (Å²) < 4.78 is 18.3. The lowest BCUT2D eigenvalue weighted by atomic mass is 9.41. The van der Waals surface area contributed by atoms with Gasteiger partial charge in [0, 0.05) is 36.9 Å². The van der Waals surface area contributed by atoms with Crippen LogP contribution < -0.4 is 10.4 Å². The van der Waals surface area contributed by atoms with E-state index in [2.05, 4.69) is 32.7 Å². The second-order valence-corrected chi connectivity index (χ2v) is 11.8. The summed E-state index contributed by atoms with van der Waals surface area (Å²) in [7, 11) is 0. The van der Waals surface area contributed by atoms with Crippen LogP contribution in [0.15, 0.2) is 39.8 Å². The quantitative estimate of drug-likeness (QED) is 0.576. The molecular formula is C29H37NO6. The van der Waals surface area contributed by atoms with Gasteiger partial charge in [0.2, 0.25) is 0 Å². The molecule has 2 aliphatic carbocycles. The number of carbonyl (C=O) groups is 1. The summed E-state index contributed by atoms with van der Waals surface area (Å²) in [5.41, 5.74) is -1.17. The van der Waals surface area contributed by atoms with Crippen molar-refractivity contribution in [3.8, 4) is 17.1 Å². The zero-order valence-corrected chi connectivity index (χ0v) is 22.0. The molecule has 36 heavy (non-hydrogen) atoms. The lowest BCUT2D eigenvalue weighted by Gasteiger charge is -2.67. The molecule has 5 rings (SSSR count). The van der Waals surface area contributed by atoms with Gasteiger partial charge in [-0.1, -0.05) is 34.1 Å². The molecule has 3 aliphatic rings. The minimum absolute atomic E-state index is 0.00155. The van der Waals surface area contributed by atoms with Gasteiger partial charge < -0.3 is 19.0 Å². The molecule has 194 valence electrons. The van der Waals surface area contributed by atoms with Gasteiger partial charge in [0.05, 0.1) is 6.10 Å². The summed E-state index contributed by atoms with van der Waals surface area (Å²) in [5, 5.41) is 11.9. The Morgan fingerprint density at radius 2 is 2.06 bits per heavy atom. The first-order chi connectivity index (χ1) is 17.0. The monoisotopic (exact) mass is 495 g/mol. The molecule has 1 N–H and O–H groups in total. The fourth-order valence-electron chi connectivity index (χ4n) is 7.99. The SMILES string of the molecule is CC[C@]1(C)[C@@H]2C[C@H](OC(C)=O)[C@@]3(C)Oc4cc(-c5cccnc5)oc(=O)c4[C@H](O)[C@@H]3[C@@]2(C)CC[C@@H]1C. The van der Waals surface area contributed by atoms with Gasteiger partial charge in [0.25, 0.3) is 0 Å². The Labute approximate surface area is 212 Å². The third-order valence-corrected chi connectivity index (χ3v) is 10.2. The van der Waals surface area contributed by atoms with E-state index in [9.17, 15) is 14.7 Å². The van der Waals surface area contributed by atoms with Crippen LogP contribution in [-0.4, -0.2) is 27.8 Å². The molecule has 0 amide bonds. The molecule has 2 aromatic heterocycles. The van der Waals surface area contributed by atoms with E-state index < -0.39 is 29.4 Å². The van der Waals surface area contributed by atoms with Crippen LogP contribution in [0.2, 0.25) is 0 Å². The van der Waals surface area contributed by atoms with E-state index in [1.807, 2.05) is 6.92 Å². The first-order valence-electron chi connectivity index (χ1n) is 13.1. The molecular weight excluding hydrogens is 458 g/mol. The van der Waals surface area contributed by atoms with Crippen molar-refractivity contribution in [3.63, 3.8) is 0 Å². The van der Waals surface area contributed by atoms with Crippen molar-refractivity contribution in [2.24, 2.45) is 28.6 Å². The highest BCUT2D eigenvalue weighted by molar-refractivity contribution is 5.66. The number of nitrogens with zero attached hydrogens (tertiary/aromatic N) is 1. The molecule has 0 radical (unpaired) electrons. The number of aromatic nitrogens is 1. The minimum atomic E-state index is -1.11. The first kappa shape index (κ1) is 25.0. The smallest absolute Gasteiger partial charge is 0.345 e. The fraction of sp³-hybridized carbons (Fsp3) is 0.621. The summed E-state index contributed by atoms with van der Waals surface area (Å²) in [6, 6.07) is 5.20. The number of rotatable bonds is 3. The number of aliphatic hydroxyl groups excluding tert-OH is 1. The summed E-state index contributed by atoms with van der Waals surface area (Å²) >= 11 is 0. The largest absolute Gasteiger partial charge is 0.482 e. The van der Waals surface area contributed by atoms with E-state index in [0.717, 1.165) is 19.3 Å². The van der Waals surface area contributed by atoms with Crippen LogP contribution in [0.1, 0.15) is 78.9 Å². The molecule has 2 fully saturated rings. The van der Waals surface area contributed by atoms with E-state index in [1.165, 1.54) is 6.92 Å². The van der Waals surface area contributed by atoms with Crippen molar-refractivity contribution >= 4 is 5.97 Å². The van der Waals surface area contributed by atoms with Gasteiger partial charge in [-0.2, -0.15) is 0 Å². The number of carbonyl (C=O) groups excluding carboxylic acids is 1. The maximum absolute atomic E-state index is 13.3. The number of esters is 1. The van der Waals surface area contributed by atoms with Crippen molar-refractivity contribution in [1.82, 2.24) is 4.98 Å². The van der Waals surface area contributed by atoms with Gasteiger partial charge in [-0.15, -0.1) is 0 Å².